The SMILES string of the molecule is Cc1ccc(C)c(OCCN2CCNCC2C)c1. The van der Waals surface area contributed by atoms with Crippen molar-refractivity contribution in [3.63, 3.8) is 0 Å². The van der Waals surface area contributed by atoms with E-state index in [0.29, 0.717) is 6.04 Å². The molecule has 1 fully saturated rings. The number of aryl methyl sites for hydroxylation is 2. The van der Waals surface area contributed by atoms with Crippen LogP contribution in [0.1, 0.15) is 18.1 Å². The zero-order chi connectivity index (χ0) is 13.0. The van der Waals surface area contributed by atoms with Gasteiger partial charge in [0.05, 0.1) is 0 Å². The summed E-state index contributed by atoms with van der Waals surface area (Å²) in [4.78, 5) is 2.49. The van der Waals surface area contributed by atoms with Gasteiger partial charge in [-0.3, -0.25) is 4.90 Å². The van der Waals surface area contributed by atoms with Crippen molar-refractivity contribution in [3.8, 4) is 5.75 Å². The van der Waals surface area contributed by atoms with Gasteiger partial charge in [0.15, 0.2) is 0 Å². The van der Waals surface area contributed by atoms with Gasteiger partial charge in [-0.1, -0.05) is 12.1 Å². The van der Waals surface area contributed by atoms with E-state index in [1.807, 2.05) is 0 Å². The van der Waals surface area contributed by atoms with Gasteiger partial charge in [-0.05, 0) is 38.0 Å². The second kappa shape index (κ2) is 6.21. The summed E-state index contributed by atoms with van der Waals surface area (Å²) < 4.78 is 5.91. The Morgan fingerprint density at radius 3 is 3.00 bits per heavy atom. The van der Waals surface area contributed by atoms with Crippen LogP contribution in [-0.2, 0) is 0 Å². The summed E-state index contributed by atoms with van der Waals surface area (Å²) in [5, 5.41) is 3.41. The number of nitrogens with one attached hydrogen (secondary N) is 1. The predicted octanol–water partition coefficient (Wildman–Crippen LogP) is 1.98. The Morgan fingerprint density at radius 1 is 1.39 bits per heavy atom. The zero-order valence-electron chi connectivity index (χ0n) is 11.7. The van der Waals surface area contributed by atoms with Gasteiger partial charge >= 0.3 is 0 Å². The summed E-state index contributed by atoms with van der Waals surface area (Å²) in [7, 11) is 0. The van der Waals surface area contributed by atoms with E-state index in [0.717, 1.165) is 38.5 Å². The molecule has 0 spiro atoms. The van der Waals surface area contributed by atoms with E-state index in [1.165, 1.54) is 11.1 Å². The van der Waals surface area contributed by atoms with Crippen LogP contribution in [0.5, 0.6) is 5.75 Å². The Kier molecular flexibility index (Phi) is 4.61. The van der Waals surface area contributed by atoms with Crippen LogP contribution in [0, 0.1) is 13.8 Å². The lowest BCUT2D eigenvalue weighted by Crippen LogP contribution is -2.50. The van der Waals surface area contributed by atoms with E-state index < -0.39 is 0 Å². The van der Waals surface area contributed by atoms with E-state index in [9.17, 15) is 0 Å². The average Bonchev–Trinajstić information content (AvgIpc) is 2.36. The molecule has 1 aromatic rings. The minimum Gasteiger partial charge on any atom is -0.492 e. The molecule has 2 rings (SSSR count). The highest BCUT2D eigenvalue weighted by Gasteiger charge is 2.17. The maximum absolute atomic E-state index is 5.91. The first-order chi connectivity index (χ1) is 8.66. The molecule has 3 nitrogen and oxygen atoms in total. The van der Waals surface area contributed by atoms with Crippen molar-refractivity contribution in [2.24, 2.45) is 0 Å². The average molecular weight is 248 g/mol. The minimum atomic E-state index is 0.612. The molecule has 0 aromatic heterocycles. The van der Waals surface area contributed by atoms with Gasteiger partial charge in [0.25, 0.3) is 0 Å². The molecule has 1 aliphatic rings. The first-order valence-corrected chi connectivity index (χ1v) is 6.81. The fourth-order valence-corrected chi connectivity index (χ4v) is 2.35. The standard InChI is InChI=1S/C15H24N2O/c1-12-4-5-13(2)15(10-12)18-9-8-17-7-6-16-11-14(17)3/h4-5,10,14,16H,6-9,11H2,1-3H3. The van der Waals surface area contributed by atoms with Gasteiger partial charge in [-0.15, -0.1) is 0 Å². The van der Waals surface area contributed by atoms with Crippen molar-refractivity contribution in [2.75, 3.05) is 32.8 Å². The van der Waals surface area contributed by atoms with Crippen molar-refractivity contribution < 1.29 is 4.74 Å². The highest BCUT2D eigenvalue weighted by Crippen LogP contribution is 2.19. The molecule has 1 atom stereocenters. The maximum atomic E-state index is 5.91. The van der Waals surface area contributed by atoms with Crippen molar-refractivity contribution >= 4 is 0 Å². The molecule has 1 heterocycles. The Bertz CT molecular complexity index is 392. The minimum absolute atomic E-state index is 0.612. The van der Waals surface area contributed by atoms with Gasteiger partial charge in [-0.25, -0.2) is 0 Å². The highest BCUT2D eigenvalue weighted by atomic mass is 16.5. The van der Waals surface area contributed by atoms with Gasteiger partial charge in [0.1, 0.15) is 12.4 Å². The van der Waals surface area contributed by atoms with E-state index in [2.05, 4.69) is 49.2 Å². The fourth-order valence-electron chi connectivity index (χ4n) is 2.35. The molecule has 0 aliphatic carbocycles. The van der Waals surface area contributed by atoms with Gasteiger partial charge in [0.2, 0.25) is 0 Å². The van der Waals surface area contributed by atoms with Gasteiger partial charge in [0, 0.05) is 32.2 Å². The van der Waals surface area contributed by atoms with Crippen LogP contribution < -0.4 is 10.1 Å². The van der Waals surface area contributed by atoms with Crippen LogP contribution in [0.4, 0.5) is 0 Å². The van der Waals surface area contributed by atoms with Crippen LogP contribution in [0.25, 0.3) is 0 Å². The van der Waals surface area contributed by atoms with Crippen molar-refractivity contribution in [2.45, 2.75) is 26.8 Å². The Hall–Kier alpha value is -1.06. The fraction of sp³-hybridized carbons (Fsp3) is 0.600. The molecule has 1 saturated heterocycles. The predicted molar refractivity (Wildman–Crippen MR) is 75.3 cm³/mol. The third kappa shape index (κ3) is 3.47. The lowest BCUT2D eigenvalue weighted by Gasteiger charge is -2.33. The molecule has 0 amide bonds. The van der Waals surface area contributed by atoms with Crippen molar-refractivity contribution in [1.82, 2.24) is 10.2 Å². The van der Waals surface area contributed by atoms with Gasteiger partial charge < -0.3 is 10.1 Å². The zero-order valence-corrected chi connectivity index (χ0v) is 11.7. The number of rotatable bonds is 4. The largest absolute Gasteiger partial charge is 0.492 e. The molecular formula is C15H24N2O. The van der Waals surface area contributed by atoms with E-state index in [-0.39, 0.29) is 0 Å². The first kappa shape index (κ1) is 13.4. The van der Waals surface area contributed by atoms with Crippen LogP contribution in [0.3, 0.4) is 0 Å². The lowest BCUT2D eigenvalue weighted by atomic mass is 10.1. The normalized spacial score (nSPS) is 20.9. The summed E-state index contributed by atoms with van der Waals surface area (Å²) >= 11 is 0. The maximum Gasteiger partial charge on any atom is 0.122 e. The highest BCUT2D eigenvalue weighted by molar-refractivity contribution is 5.35. The third-order valence-electron chi connectivity index (χ3n) is 3.62. The number of piperazine rings is 1. The Morgan fingerprint density at radius 2 is 2.22 bits per heavy atom. The molecule has 0 bridgehead atoms. The summed E-state index contributed by atoms with van der Waals surface area (Å²) in [5.74, 6) is 1.03. The molecule has 1 N–H and O–H groups in total. The number of nitrogens with zero attached hydrogens (tertiary/aromatic N) is 1. The number of hydrogen-bond acceptors (Lipinski definition) is 3. The van der Waals surface area contributed by atoms with Gasteiger partial charge in [-0.2, -0.15) is 0 Å². The number of hydrogen-bond donors (Lipinski definition) is 1. The monoisotopic (exact) mass is 248 g/mol. The molecule has 3 heteroatoms. The molecule has 0 radical (unpaired) electrons. The molecule has 1 aliphatic heterocycles. The van der Waals surface area contributed by atoms with E-state index in [4.69, 9.17) is 4.74 Å². The molecule has 100 valence electrons. The molecule has 18 heavy (non-hydrogen) atoms. The van der Waals surface area contributed by atoms with Crippen LogP contribution in [0.2, 0.25) is 0 Å². The third-order valence-corrected chi connectivity index (χ3v) is 3.62. The summed E-state index contributed by atoms with van der Waals surface area (Å²) in [6, 6.07) is 6.98. The second-order valence-corrected chi connectivity index (χ2v) is 5.21. The van der Waals surface area contributed by atoms with Crippen molar-refractivity contribution in [1.29, 1.82) is 0 Å². The topological polar surface area (TPSA) is 24.5 Å². The molecule has 1 aromatic carbocycles. The second-order valence-electron chi connectivity index (χ2n) is 5.21. The first-order valence-electron chi connectivity index (χ1n) is 6.81. The molecule has 0 saturated carbocycles. The van der Waals surface area contributed by atoms with E-state index in [1.54, 1.807) is 0 Å². The summed E-state index contributed by atoms with van der Waals surface area (Å²) in [6.45, 7) is 11.6. The van der Waals surface area contributed by atoms with Crippen LogP contribution in [0.15, 0.2) is 18.2 Å². The molecule has 1 unspecified atom stereocenters. The summed E-state index contributed by atoms with van der Waals surface area (Å²) in [6.07, 6.45) is 0. The summed E-state index contributed by atoms with van der Waals surface area (Å²) in [5.41, 5.74) is 2.47. The van der Waals surface area contributed by atoms with Crippen LogP contribution >= 0.6 is 0 Å². The van der Waals surface area contributed by atoms with Crippen LogP contribution in [-0.4, -0.2) is 43.7 Å². The number of benzene rings is 1. The smallest absolute Gasteiger partial charge is 0.122 e. The lowest BCUT2D eigenvalue weighted by molar-refractivity contribution is 0.143. The van der Waals surface area contributed by atoms with Crippen molar-refractivity contribution in [3.05, 3.63) is 29.3 Å². The quantitative estimate of drug-likeness (QED) is 0.882. The number of ether oxygens (including phenoxy) is 1. The Labute approximate surface area is 110 Å². The molecular weight excluding hydrogens is 224 g/mol. The Balaban J connectivity index is 1.82. The van der Waals surface area contributed by atoms with E-state index >= 15 is 0 Å².